The number of ether oxygens (including phenoxy) is 2. The maximum atomic E-state index is 12.1. The molecule has 4 heteroatoms. The Bertz CT molecular complexity index is 417. The molecule has 0 saturated heterocycles. The first-order chi connectivity index (χ1) is 9.76. The van der Waals surface area contributed by atoms with E-state index in [4.69, 9.17) is 9.47 Å². The van der Waals surface area contributed by atoms with Crippen molar-refractivity contribution in [1.29, 1.82) is 0 Å². The van der Waals surface area contributed by atoms with Gasteiger partial charge in [-0.15, -0.1) is 0 Å². The predicted octanol–water partition coefficient (Wildman–Crippen LogP) is 2.05. The third kappa shape index (κ3) is 4.05. The summed E-state index contributed by atoms with van der Waals surface area (Å²) >= 11 is 0. The molecule has 1 aliphatic rings. The molecule has 1 aromatic carbocycles. The van der Waals surface area contributed by atoms with E-state index in [1.807, 2.05) is 30.3 Å². The third-order valence-corrected chi connectivity index (χ3v) is 3.75. The fraction of sp³-hybridized carbons (Fsp3) is 0.562. The Kier molecular flexibility index (Phi) is 5.56. The largest absolute Gasteiger partial charge is 0.469 e. The van der Waals surface area contributed by atoms with E-state index in [0.717, 1.165) is 12.1 Å². The molecule has 0 radical (unpaired) electrons. The average molecular weight is 277 g/mol. The van der Waals surface area contributed by atoms with Crippen LogP contribution in [0, 0.1) is 0 Å². The number of carbonyl (C=O) groups excluding carboxylic acids is 1. The molecule has 1 aliphatic carbocycles. The van der Waals surface area contributed by atoms with E-state index in [1.165, 1.54) is 20.0 Å². The molecule has 0 spiro atoms. The molecule has 1 atom stereocenters. The van der Waals surface area contributed by atoms with Crippen LogP contribution in [0.25, 0.3) is 0 Å². The van der Waals surface area contributed by atoms with Gasteiger partial charge in [-0.25, -0.2) is 0 Å². The molecule has 1 fully saturated rings. The second-order valence-electron chi connectivity index (χ2n) is 5.21. The number of esters is 1. The van der Waals surface area contributed by atoms with Gasteiger partial charge in [0.2, 0.25) is 0 Å². The lowest BCUT2D eigenvalue weighted by Gasteiger charge is -2.26. The van der Waals surface area contributed by atoms with Crippen LogP contribution in [0.3, 0.4) is 0 Å². The van der Waals surface area contributed by atoms with Crippen molar-refractivity contribution in [2.75, 3.05) is 33.9 Å². The topological polar surface area (TPSA) is 38.8 Å². The van der Waals surface area contributed by atoms with Crippen LogP contribution in [0.2, 0.25) is 0 Å². The van der Waals surface area contributed by atoms with Gasteiger partial charge in [-0.3, -0.25) is 9.69 Å². The number of rotatable bonds is 8. The first-order valence-electron chi connectivity index (χ1n) is 7.12. The van der Waals surface area contributed by atoms with Crippen molar-refractivity contribution in [1.82, 2.24) is 4.90 Å². The quantitative estimate of drug-likeness (QED) is 0.682. The van der Waals surface area contributed by atoms with Crippen LogP contribution in [0.4, 0.5) is 0 Å². The van der Waals surface area contributed by atoms with Crippen LogP contribution >= 0.6 is 0 Å². The zero-order valence-corrected chi connectivity index (χ0v) is 12.2. The van der Waals surface area contributed by atoms with Crippen molar-refractivity contribution in [3.8, 4) is 0 Å². The van der Waals surface area contributed by atoms with Gasteiger partial charge in [-0.1, -0.05) is 30.3 Å². The van der Waals surface area contributed by atoms with Gasteiger partial charge in [0, 0.05) is 26.2 Å². The van der Waals surface area contributed by atoms with Gasteiger partial charge >= 0.3 is 5.97 Å². The second kappa shape index (κ2) is 7.41. The minimum absolute atomic E-state index is 0.167. The molecule has 1 unspecified atom stereocenters. The lowest BCUT2D eigenvalue weighted by atomic mass is 9.98. The molecule has 0 bridgehead atoms. The summed E-state index contributed by atoms with van der Waals surface area (Å²) in [5, 5.41) is 0. The number of hydrogen-bond donors (Lipinski definition) is 0. The fourth-order valence-corrected chi connectivity index (χ4v) is 2.45. The molecule has 2 rings (SSSR count). The minimum Gasteiger partial charge on any atom is -0.469 e. The summed E-state index contributed by atoms with van der Waals surface area (Å²) in [5.41, 5.74) is 1.02. The van der Waals surface area contributed by atoms with Crippen molar-refractivity contribution in [2.24, 2.45) is 0 Å². The molecule has 1 aromatic rings. The van der Waals surface area contributed by atoms with Gasteiger partial charge in [0.1, 0.15) is 0 Å². The highest BCUT2D eigenvalue weighted by atomic mass is 16.5. The maximum Gasteiger partial charge on any atom is 0.314 e. The SMILES string of the molecule is COCCN(CC(C(=O)OC)c1ccccc1)C1CC1. The van der Waals surface area contributed by atoms with Crippen molar-refractivity contribution < 1.29 is 14.3 Å². The van der Waals surface area contributed by atoms with Crippen molar-refractivity contribution in [3.05, 3.63) is 35.9 Å². The Hall–Kier alpha value is -1.39. The Morgan fingerprint density at radius 3 is 2.55 bits per heavy atom. The Balaban J connectivity index is 2.08. The van der Waals surface area contributed by atoms with Gasteiger partial charge in [0.05, 0.1) is 19.6 Å². The maximum absolute atomic E-state index is 12.1. The zero-order chi connectivity index (χ0) is 14.4. The summed E-state index contributed by atoms with van der Waals surface area (Å²) in [6.45, 7) is 2.26. The molecule has 0 heterocycles. The smallest absolute Gasteiger partial charge is 0.314 e. The van der Waals surface area contributed by atoms with Crippen molar-refractivity contribution >= 4 is 5.97 Å². The second-order valence-corrected chi connectivity index (χ2v) is 5.21. The number of nitrogens with zero attached hydrogens (tertiary/aromatic N) is 1. The van der Waals surface area contributed by atoms with Gasteiger partial charge in [0.15, 0.2) is 0 Å². The minimum atomic E-state index is -0.223. The van der Waals surface area contributed by atoms with E-state index in [-0.39, 0.29) is 11.9 Å². The summed E-state index contributed by atoms with van der Waals surface area (Å²) in [7, 11) is 3.16. The third-order valence-electron chi connectivity index (χ3n) is 3.75. The van der Waals surface area contributed by atoms with Crippen molar-refractivity contribution in [3.63, 3.8) is 0 Å². The van der Waals surface area contributed by atoms with Gasteiger partial charge in [-0.05, 0) is 18.4 Å². The van der Waals surface area contributed by atoms with E-state index >= 15 is 0 Å². The average Bonchev–Trinajstić information content (AvgIpc) is 3.32. The van der Waals surface area contributed by atoms with E-state index in [9.17, 15) is 4.79 Å². The Labute approximate surface area is 120 Å². The summed E-state index contributed by atoms with van der Waals surface area (Å²) < 4.78 is 10.1. The molecule has 4 nitrogen and oxygen atoms in total. The lowest BCUT2D eigenvalue weighted by molar-refractivity contribution is -0.143. The van der Waals surface area contributed by atoms with Crippen LogP contribution < -0.4 is 0 Å². The van der Waals surface area contributed by atoms with Gasteiger partial charge < -0.3 is 9.47 Å². The number of methoxy groups -OCH3 is 2. The highest BCUT2D eigenvalue weighted by molar-refractivity contribution is 5.78. The monoisotopic (exact) mass is 277 g/mol. The molecule has 0 amide bonds. The fourth-order valence-electron chi connectivity index (χ4n) is 2.45. The molecule has 0 N–H and O–H groups in total. The molecular formula is C16H23NO3. The Morgan fingerprint density at radius 1 is 1.30 bits per heavy atom. The van der Waals surface area contributed by atoms with E-state index in [1.54, 1.807) is 7.11 Å². The summed E-state index contributed by atoms with van der Waals surface area (Å²) in [4.78, 5) is 14.4. The van der Waals surface area contributed by atoms with Crippen LogP contribution in [-0.4, -0.2) is 50.8 Å². The first kappa shape index (κ1) is 15.0. The molecule has 110 valence electrons. The molecular weight excluding hydrogens is 254 g/mol. The molecule has 20 heavy (non-hydrogen) atoms. The summed E-state index contributed by atoms with van der Waals surface area (Å²) in [5.74, 6) is -0.391. The van der Waals surface area contributed by atoms with E-state index < -0.39 is 0 Å². The lowest BCUT2D eigenvalue weighted by Crippen LogP contribution is -2.36. The first-order valence-corrected chi connectivity index (χ1v) is 7.12. The molecule has 0 aromatic heterocycles. The number of benzene rings is 1. The standard InChI is InChI=1S/C16H23NO3/c1-19-11-10-17(14-8-9-14)12-15(16(18)20-2)13-6-4-3-5-7-13/h3-7,14-15H,8-12H2,1-2H3. The highest BCUT2D eigenvalue weighted by Crippen LogP contribution is 2.29. The normalized spacial score (nSPS) is 16.1. The van der Waals surface area contributed by atoms with Crippen LogP contribution in [0.15, 0.2) is 30.3 Å². The summed E-state index contributed by atoms with van der Waals surface area (Å²) in [6, 6.07) is 10.5. The molecule has 0 aliphatic heterocycles. The van der Waals surface area contributed by atoms with Crippen molar-refractivity contribution in [2.45, 2.75) is 24.8 Å². The predicted molar refractivity (Wildman–Crippen MR) is 77.7 cm³/mol. The highest BCUT2D eigenvalue weighted by Gasteiger charge is 2.33. The van der Waals surface area contributed by atoms with Crippen LogP contribution in [-0.2, 0) is 14.3 Å². The number of carbonyl (C=O) groups is 1. The van der Waals surface area contributed by atoms with Gasteiger partial charge in [0.25, 0.3) is 0 Å². The Morgan fingerprint density at radius 2 is 2.00 bits per heavy atom. The van der Waals surface area contributed by atoms with Gasteiger partial charge in [-0.2, -0.15) is 0 Å². The zero-order valence-electron chi connectivity index (χ0n) is 12.2. The van der Waals surface area contributed by atoms with E-state index in [2.05, 4.69) is 4.90 Å². The molecule has 1 saturated carbocycles. The van der Waals surface area contributed by atoms with Crippen LogP contribution in [0.5, 0.6) is 0 Å². The van der Waals surface area contributed by atoms with Crippen LogP contribution in [0.1, 0.15) is 24.3 Å². The summed E-state index contributed by atoms with van der Waals surface area (Å²) in [6.07, 6.45) is 2.43. The van der Waals surface area contributed by atoms with E-state index in [0.29, 0.717) is 19.2 Å². The number of hydrogen-bond acceptors (Lipinski definition) is 4.